The molecule has 0 saturated carbocycles. The van der Waals surface area contributed by atoms with Crippen molar-refractivity contribution in [3.05, 3.63) is 42.2 Å². The quantitative estimate of drug-likeness (QED) is 0.310. The molecule has 1 aromatic carbocycles. The normalized spacial score (nSPS) is 23.9. The Kier molecular flexibility index (Phi) is 6.49. The van der Waals surface area contributed by atoms with E-state index >= 15 is 0 Å². The van der Waals surface area contributed by atoms with Crippen LogP contribution in [0.25, 0.3) is 11.2 Å². The zero-order chi connectivity index (χ0) is 21.1. The van der Waals surface area contributed by atoms with Crippen LogP contribution < -0.4 is 5.32 Å². The van der Waals surface area contributed by atoms with Gasteiger partial charge in [0.25, 0.3) is 0 Å². The number of hydrogen-bond acceptors (Lipinski definition) is 9. The number of thioether (sulfide) groups is 1. The summed E-state index contributed by atoms with van der Waals surface area (Å²) in [5.74, 6) is 1.20. The average molecular weight is 432 g/mol. The smallest absolute Gasteiger partial charge is 0.207 e. The van der Waals surface area contributed by atoms with Gasteiger partial charge >= 0.3 is 0 Å². The predicted octanol–water partition coefficient (Wildman–Crippen LogP) is 1.55. The highest BCUT2D eigenvalue weighted by molar-refractivity contribution is 7.98. The highest BCUT2D eigenvalue weighted by atomic mass is 32.2. The summed E-state index contributed by atoms with van der Waals surface area (Å²) in [6.45, 7) is 2.30. The highest BCUT2D eigenvalue weighted by Crippen LogP contribution is 2.36. The first kappa shape index (κ1) is 21.0. The first-order chi connectivity index (χ1) is 14.6. The van der Waals surface area contributed by atoms with E-state index in [1.807, 2.05) is 25.1 Å². The largest absolute Gasteiger partial charge is 0.394 e. The molecule has 0 unspecified atom stereocenters. The lowest BCUT2D eigenvalue weighted by atomic mass is 10.1. The van der Waals surface area contributed by atoms with E-state index in [0.29, 0.717) is 28.7 Å². The van der Waals surface area contributed by atoms with Gasteiger partial charge in [0.05, 0.1) is 6.61 Å². The maximum Gasteiger partial charge on any atom is 0.207 e. The number of aromatic nitrogens is 4. The van der Waals surface area contributed by atoms with Crippen LogP contribution in [0.4, 0.5) is 5.95 Å². The van der Waals surface area contributed by atoms with E-state index in [-0.39, 0.29) is 0 Å². The minimum absolute atomic E-state index is 0.397. The van der Waals surface area contributed by atoms with Gasteiger partial charge in [0, 0.05) is 12.3 Å². The summed E-state index contributed by atoms with van der Waals surface area (Å²) < 4.78 is 7.38. The fraction of sp³-hybridized carbons (Fsp3) is 0.450. The van der Waals surface area contributed by atoms with E-state index in [0.717, 1.165) is 12.2 Å². The molecule has 0 amide bonds. The molecule has 3 heterocycles. The summed E-state index contributed by atoms with van der Waals surface area (Å²) in [4.78, 5) is 13.5. The fourth-order valence-electron chi connectivity index (χ4n) is 3.42. The van der Waals surface area contributed by atoms with Gasteiger partial charge in [-0.25, -0.2) is 15.0 Å². The first-order valence-electron chi connectivity index (χ1n) is 9.90. The van der Waals surface area contributed by atoms with Crippen LogP contribution >= 0.6 is 11.8 Å². The van der Waals surface area contributed by atoms with Crippen molar-refractivity contribution in [3.63, 3.8) is 0 Å². The molecule has 30 heavy (non-hydrogen) atoms. The van der Waals surface area contributed by atoms with E-state index < -0.39 is 31.1 Å². The molecule has 2 aromatic heterocycles. The standard InChI is InChI=1S/C20H25N5O4S/c1-2-8-21-20-24-14-17(25(20)19-16(28)15(27)13(9-26)29-19)22-11-23-18(14)30-10-12-6-4-3-5-7-12/h3-7,11,13,15-16,19,26-28H,2,8-10H2,1H3,(H,21,24)/t13-,15-,16-,19-/m1/s1. The van der Waals surface area contributed by atoms with Gasteiger partial charge in [-0.1, -0.05) is 49.0 Å². The maximum absolute atomic E-state index is 10.6. The third-order valence-electron chi connectivity index (χ3n) is 4.97. The lowest BCUT2D eigenvalue weighted by molar-refractivity contribution is -0.0501. The van der Waals surface area contributed by atoms with Crippen LogP contribution in [0, 0.1) is 0 Å². The summed E-state index contributed by atoms with van der Waals surface area (Å²) in [6.07, 6.45) is -1.90. The average Bonchev–Trinajstić information content (AvgIpc) is 3.28. The number of aliphatic hydroxyl groups excluding tert-OH is 3. The molecule has 1 aliphatic heterocycles. The molecular formula is C20H25N5O4S. The second-order valence-electron chi connectivity index (χ2n) is 7.09. The van der Waals surface area contributed by atoms with Gasteiger partial charge in [0.15, 0.2) is 11.9 Å². The number of benzene rings is 1. The molecule has 4 rings (SSSR count). The third-order valence-corrected chi connectivity index (χ3v) is 6.02. The topological polar surface area (TPSA) is 126 Å². The molecular weight excluding hydrogens is 406 g/mol. The molecule has 9 nitrogen and oxygen atoms in total. The molecule has 4 N–H and O–H groups in total. The van der Waals surface area contributed by atoms with Gasteiger partial charge in [-0.2, -0.15) is 0 Å². The summed E-state index contributed by atoms with van der Waals surface area (Å²) >= 11 is 1.55. The zero-order valence-electron chi connectivity index (χ0n) is 16.5. The van der Waals surface area contributed by atoms with Crippen LogP contribution in [0.15, 0.2) is 41.7 Å². The van der Waals surface area contributed by atoms with Gasteiger partial charge in [0.2, 0.25) is 5.95 Å². The zero-order valence-corrected chi connectivity index (χ0v) is 17.4. The number of anilines is 1. The van der Waals surface area contributed by atoms with Crippen molar-refractivity contribution in [1.82, 2.24) is 19.5 Å². The molecule has 3 aromatic rings. The van der Waals surface area contributed by atoms with Crippen molar-refractivity contribution in [2.45, 2.75) is 48.7 Å². The van der Waals surface area contributed by atoms with Crippen molar-refractivity contribution in [1.29, 1.82) is 0 Å². The summed E-state index contributed by atoms with van der Waals surface area (Å²) in [5, 5.41) is 34.2. The van der Waals surface area contributed by atoms with E-state index in [1.54, 1.807) is 16.3 Å². The Bertz CT molecular complexity index is 986. The van der Waals surface area contributed by atoms with Crippen LogP contribution in [0.2, 0.25) is 0 Å². The number of fused-ring (bicyclic) bond motifs is 1. The van der Waals surface area contributed by atoms with E-state index in [2.05, 4.69) is 32.4 Å². The van der Waals surface area contributed by atoms with Crippen LogP contribution in [0.1, 0.15) is 25.1 Å². The van der Waals surface area contributed by atoms with Crippen molar-refractivity contribution in [2.24, 2.45) is 0 Å². The number of ether oxygens (including phenoxy) is 1. The summed E-state index contributed by atoms with van der Waals surface area (Å²) in [7, 11) is 0. The monoisotopic (exact) mass is 431 g/mol. The van der Waals surface area contributed by atoms with Crippen LogP contribution in [-0.2, 0) is 10.5 Å². The second-order valence-corrected chi connectivity index (χ2v) is 8.05. The Hall–Kier alpha value is -2.24. The molecule has 0 bridgehead atoms. The Morgan fingerprint density at radius 2 is 1.97 bits per heavy atom. The maximum atomic E-state index is 10.6. The lowest BCUT2D eigenvalue weighted by Gasteiger charge is -2.19. The van der Waals surface area contributed by atoms with Gasteiger partial charge in [-0.15, -0.1) is 0 Å². The Morgan fingerprint density at radius 3 is 2.67 bits per heavy atom. The SMILES string of the molecule is CCCNc1nc2c(SCc3ccccc3)ncnc2n1[C@@H]1O[C@H](CO)[C@@H](O)[C@H]1O. The molecule has 0 aliphatic carbocycles. The number of imidazole rings is 1. The number of nitrogens with one attached hydrogen (secondary N) is 1. The number of hydrogen-bond donors (Lipinski definition) is 4. The van der Waals surface area contributed by atoms with Crippen molar-refractivity contribution in [2.75, 3.05) is 18.5 Å². The van der Waals surface area contributed by atoms with Gasteiger partial charge < -0.3 is 25.4 Å². The number of nitrogens with zero attached hydrogens (tertiary/aromatic N) is 4. The Labute approximate surface area is 178 Å². The molecule has 160 valence electrons. The molecule has 0 spiro atoms. The first-order valence-corrected chi connectivity index (χ1v) is 10.9. The number of rotatable bonds is 8. The lowest BCUT2D eigenvalue weighted by Crippen LogP contribution is -2.33. The van der Waals surface area contributed by atoms with Crippen LogP contribution in [-0.4, -0.2) is 66.3 Å². The van der Waals surface area contributed by atoms with Crippen molar-refractivity contribution in [3.8, 4) is 0 Å². The third kappa shape index (κ3) is 4.01. The molecule has 1 fully saturated rings. The van der Waals surface area contributed by atoms with Crippen LogP contribution in [0.3, 0.4) is 0 Å². The van der Waals surface area contributed by atoms with Gasteiger partial charge in [-0.3, -0.25) is 4.57 Å². The van der Waals surface area contributed by atoms with Crippen molar-refractivity contribution >= 4 is 28.9 Å². The molecule has 1 saturated heterocycles. The summed E-state index contributed by atoms with van der Waals surface area (Å²) in [6, 6.07) is 10.1. The highest BCUT2D eigenvalue weighted by Gasteiger charge is 2.45. The molecule has 10 heteroatoms. The minimum Gasteiger partial charge on any atom is -0.394 e. The number of aliphatic hydroxyl groups is 3. The predicted molar refractivity (Wildman–Crippen MR) is 113 cm³/mol. The van der Waals surface area contributed by atoms with Crippen LogP contribution in [0.5, 0.6) is 0 Å². The van der Waals surface area contributed by atoms with E-state index in [1.165, 1.54) is 11.9 Å². The van der Waals surface area contributed by atoms with E-state index in [4.69, 9.17) is 4.74 Å². The Morgan fingerprint density at radius 1 is 1.17 bits per heavy atom. The Balaban J connectivity index is 1.71. The van der Waals surface area contributed by atoms with E-state index in [9.17, 15) is 15.3 Å². The summed E-state index contributed by atoms with van der Waals surface area (Å²) in [5.41, 5.74) is 2.25. The van der Waals surface area contributed by atoms with Gasteiger partial charge in [-0.05, 0) is 12.0 Å². The van der Waals surface area contributed by atoms with Gasteiger partial charge in [0.1, 0.15) is 35.2 Å². The second kappa shape index (κ2) is 9.27. The van der Waals surface area contributed by atoms with Crippen molar-refractivity contribution < 1.29 is 20.1 Å². The molecule has 0 radical (unpaired) electrons. The molecule has 1 aliphatic rings. The fourth-order valence-corrected chi connectivity index (χ4v) is 4.31. The minimum atomic E-state index is -1.22. The molecule has 4 atom stereocenters.